The summed E-state index contributed by atoms with van der Waals surface area (Å²) in [7, 11) is -3.98. The van der Waals surface area contributed by atoms with E-state index in [0.717, 1.165) is 6.07 Å². The Labute approximate surface area is 121 Å². The number of halogens is 3. The molecule has 3 N–H and O–H groups in total. The van der Waals surface area contributed by atoms with E-state index in [2.05, 4.69) is 5.32 Å². The van der Waals surface area contributed by atoms with Gasteiger partial charge in [0.05, 0.1) is 23.2 Å². The molecule has 0 aromatic heterocycles. The smallest absolute Gasteiger partial charge is 0.383 e. The summed E-state index contributed by atoms with van der Waals surface area (Å²) < 4.78 is 66.1. The lowest BCUT2D eigenvalue weighted by molar-refractivity contribution is -0.0435. The Morgan fingerprint density at radius 1 is 1.33 bits per heavy atom. The van der Waals surface area contributed by atoms with Crippen LogP contribution in [-0.4, -0.2) is 40.2 Å². The highest BCUT2D eigenvalue weighted by Crippen LogP contribution is 2.34. The predicted molar refractivity (Wildman–Crippen MR) is 72.6 cm³/mol. The predicted octanol–water partition coefficient (Wildman–Crippen LogP) is 1.76. The number of sulfone groups is 1. The van der Waals surface area contributed by atoms with Crippen LogP contribution in [-0.2, 0) is 14.6 Å². The van der Waals surface area contributed by atoms with Gasteiger partial charge >= 0.3 is 5.51 Å². The maximum Gasteiger partial charge on any atom is 0.501 e. The summed E-state index contributed by atoms with van der Waals surface area (Å²) in [5.74, 6) is 0. The number of para-hydroxylation sites is 1. The van der Waals surface area contributed by atoms with Crippen LogP contribution in [0.25, 0.3) is 0 Å². The number of rotatable bonds is 7. The third-order valence-electron chi connectivity index (χ3n) is 2.72. The van der Waals surface area contributed by atoms with Gasteiger partial charge in [-0.3, -0.25) is 0 Å². The van der Waals surface area contributed by atoms with Crippen molar-refractivity contribution in [2.45, 2.75) is 22.9 Å². The van der Waals surface area contributed by atoms with E-state index in [-0.39, 0.29) is 24.9 Å². The summed E-state index contributed by atoms with van der Waals surface area (Å²) in [6, 6.07) is 4.49. The lowest BCUT2D eigenvalue weighted by Crippen LogP contribution is -2.30. The van der Waals surface area contributed by atoms with E-state index in [1.54, 1.807) is 0 Å². The summed E-state index contributed by atoms with van der Waals surface area (Å²) in [5.41, 5.74) is -0.0592. The fraction of sp³-hybridized carbons (Fsp3) is 0.500. The molecule has 0 radical (unpaired) electrons. The van der Waals surface area contributed by atoms with Crippen molar-refractivity contribution in [1.29, 1.82) is 0 Å². The minimum Gasteiger partial charge on any atom is -0.383 e. The number of nitrogens with one attached hydrogen (secondary N) is 1. The second-order valence-corrected chi connectivity index (χ2v) is 6.23. The molecular weight excluding hydrogens is 309 g/mol. The molecule has 1 atom stereocenters. The highest BCUT2D eigenvalue weighted by Gasteiger charge is 2.48. The second-order valence-electron chi connectivity index (χ2n) is 4.32. The van der Waals surface area contributed by atoms with Crippen molar-refractivity contribution in [1.82, 2.24) is 0 Å². The van der Waals surface area contributed by atoms with Gasteiger partial charge in [-0.2, -0.15) is 13.2 Å². The molecule has 0 spiro atoms. The molecule has 9 heteroatoms. The number of nitrogens with two attached hydrogens (primary N) is 1. The van der Waals surface area contributed by atoms with Crippen LogP contribution in [0.2, 0.25) is 0 Å². The number of methoxy groups -OCH3 is 1. The molecule has 21 heavy (non-hydrogen) atoms. The first-order valence-electron chi connectivity index (χ1n) is 6.10. The van der Waals surface area contributed by atoms with Crippen LogP contribution in [0.4, 0.5) is 18.9 Å². The lowest BCUT2D eigenvalue weighted by Gasteiger charge is -2.21. The molecule has 1 aromatic carbocycles. The standard InChI is InChI=1S/C12H17F3N2O3S/c1-20-8-9(6-7-16)17-10-4-2-3-5-11(10)21(18,19)12(13,14)15/h2-5,9,17H,6-8,16H2,1H3. The molecule has 0 saturated carbocycles. The Balaban J connectivity index is 3.16. The molecule has 120 valence electrons. The van der Waals surface area contributed by atoms with Crippen molar-refractivity contribution >= 4 is 15.5 Å². The molecule has 0 amide bonds. The van der Waals surface area contributed by atoms with Gasteiger partial charge < -0.3 is 15.8 Å². The zero-order chi connectivity index (χ0) is 16.1. The maximum absolute atomic E-state index is 12.7. The Kier molecular flexibility index (Phi) is 5.99. The summed E-state index contributed by atoms with van der Waals surface area (Å²) in [5, 5.41) is 2.74. The van der Waals surface area contributed by atoms with Gasteiger partial charge in [0, 0.05) is 7.11 Å². The molecule has 0 aliphatic rings. The number of alkyl halides is 3. The van der Waals surface area contributed by atoms with Crippen LogP contribution in [0, 0.1) is 0 Å². The Hall–Kier alpha value is -1.32. The SMILES string of the molecule is COCC(CCN)Nc1ccccc1S(=O)(=O)C(F)(F)F. The highest BCUT2D eigenvalue weighted by molar-refractivity contribution is 7.92. The number of hydrogen-bond donors (Lipinski definition) is 2. The van der Waals surface area contributed by atoms with Gasteiger partial charge in [0.15, 0.2) is 0 Å². The van der Waals surface area contributed by atoms with E-state index in [9.17, 15) is 21.6 Å². The van der Waals surface area contributed by atoms with Crippen molar-refractivity contribution < 1.29 is 26.3 Å². The average molecular weight is 326 g/mol. The van der Waals surface area contributed by atoms with E-state index in [1.165, 1.54) is 25.3 Å². The van der Waals surface area contributed by atoms with Crippen molar-refractivity contribution in [2.75, 3.05) is 25.6 Å². The highest BCUT2D eigenvalue weighted by atomic mass is 32.2. The van der Waals surface area contributed by atoms with Crippen molar-refractivity contribution in [2.24, 2.45) is 5.73 Å². The minimum absolute atomic E-state index is 0.120. The third kappa shape index (κ3) is 4.32. The van der Waals surface area contributed by atoms with E-state index in [0.29, 0.717) is 6.42 Å². The van der Waals surface area contributed by atoms with Gasteiger partial charge in [0.1, 0.15) is 0 Å². The second kappa shape index (κ2) is 7.10. The zero-order valence-corrected chi connectivity index (χ0v) is 12.2. The molecule has 1 unspecified atom stereocenters. The molecule has 1 aromatic rings. The summed E-state index contributed by atoms with van der Waals surface area (Å²) in [4.78, 5) is -0.810. The van der Waals surface area contributed by atoms with Crippen LogP contribution < -0.4 is 11.1 Å². The minimum atomic E-state index is -5.42. The molecule has 0 fully saturated rings. The van der Waals surface area contributed by atoms with Crippen LogP contribution >= 0.6 is 0 Å². The first kappa shape index (κ1) is 17.7. The van der Waals surface area contributed by atoms with Gasteiger partial charge in [-0.1, -0.05) is 12.1 Å². The van der Waals surface area contributed by atoms with Gasteiger partial charge in [0.25, 0.3) is 9.84 Å². The Bertz CT molecular complexity index is 555. The molecule has 5 nitrogen and oxygen atoms in total. The number of hydrogen-bond acceptors (Lipinski definition) is 5. The first-order chi connectivity index (χ1) is 9.74. The average Bonchev–Trinajstić information content (AvgIpc) is 2.38. The van der Waals surface area contributed by atoms with E-state index < -0.39 is 20.2 Å². The van der Waals surface area contributed by atoms with Crippen LogP contribution in [0.3, 0.4) is 0 Å². The van der Waals surface area contributed by atoms with E-state index >= 15 is 0 Å². The molecule has 0 bridgehead atoms. The van der Waals surface area contributed by atoms with Crippen LogP contribution in [0.15, 0.2) is 29.2 Å². The molecular formula is C12H17F3N2O3S. The van der Waals surface area contributed by atoms with E-state index in [1.807, 2.05) is 0 Å². The maximum atomic E-state index is 12.7. The number of anilines is 1. The Morgan fingerprint density at radius 2 is 1.95 bits per heavy atom. The van der Waals surface area contributed by atoms with Crippen molar-refractivity contribution in [3.05, 3.63) is 24.3 Å². The quantitative estimate of drug-likeness (QED) is 0.798. The van der Waals surface area contributed by atoms with Gasteiger partial charge in [0.2, 0.25) is 0 Å². The van der Waals surface area contributed by atoms with E-state index in [4.69, 9.17) is 10.5 Å². The van der Waals surface area contributed by atoms with Gasteiger partial charge in [-0.05, 0) is 25.1 Å². The summed E-state index contributed by atoms with van der Waals surface area (Å²) >= 11 is 0. The third-order valence-corrected chi connectivity index (χ3v) is 4.27. The van der Waals surface area contributed by atoms with Crippen molar-refractivity contribution in [3.8, 4) is 0 Å². The Morgan fingerprint density at radius 3 is 2.48 bits per heavy atom. The first-order valence-corrected chi connectivity index (χ1v) is 7.58. The molecule has 0 saturated heterocycles. The molecule has 0 aliphatic carbocycles. The number of ether oxygens (including phenoxy) is 1. The molecule has 1 rings (SSSR count). The van der Waals surface area contributed by atoms with Crippen molar-refractivity contribution in [3.63, 3.8) is 0 Å². The topological polar surface area (TPSA) is 81.4 Å². The lowest BCUT2D eigenvalue weighted by atomic mass is 10.2. The fourth-order valence-corrected chi connectivity index (χ4v) is 2.69. The largest absolute Gasteiger partial charge is 0.501 e. The fourth-order valence-electron chi connectivity index (χ4n) is 1.76. The van der Waals surface area contributed by atoms with Gasteiger partial charge in [-0.25, -0.2) is 8.42 Å². The van der Waals surface area contributed by atoms with Gasteiger partial charge in [-0.15, -0.1) is 0 Å². The molecule has 0 heterocycles. The normalized spacial score (nSPS) is 14.0. The zero-order valence-electron chi connectivity index (χ0n) is 11.4. The van der Waals surface area contributed by atoms with Crippen LogP contribution in [0.1, 0.15) is 6.42 Å². The number of benzene rings is 1. The molecule has 0 aliphatic heterocycles. The summed E-state index contributed by atoms with van der Waals surface area (Å²) in [6.07, 6.45) is 0.425. The monoisotopic (exact) mass is 326 g/mol. The van der Waals surface area contributed by atoms with Crippen LogP contribution in [0.5, 0.6) is 0 Å². The summed E-state index contributed by atoms with van der Waals surface area (Å²) in [6.45, 7) is 0.479.